The Hall–Kier alpha value is -1.55. The summed E-state index contributed by atoms with van der Waals surface area (Å²) < 4.78 is 18.3. The number of hydrogen-bond acceptors (Lipinski definition) is 7. The van der Waals surface area contributed by atoms with Crippen LogP contribution in [0.25, 0.3) is 0 Å². The van der Waals surface area contributed by atoms with Crippen molar-refractivity contribution in [1.29, 1.82) is 0 Å². The molecule has 1 aliphatic heterocycles. The SMILES string of the molecule is O=c1ncc(F)c(N[C@@H]2O[C@H](CO)[C@H](O)[C@H]2O)[nH]1. The van der Waals surface area contributed by atoms with Crippen molar-refractivity contribution < 1.29 is 24.4 Å². The molecule has 1 fully saturated rings. The largest absolute Gasteiger partial charge is 0.394 e. The van der Waals surface area contributed by atoms with Gasteiger partial charge in [-0.2, -0.15) is 4.98 Å². The molecule has 0 saturated carbocycles. The minimum Gasteiger partial charge on any atom is -0.394 e. The van der Waals surface area contributed by atoms with Gasteiger partial charge in [-0.25, -0.2) is 9.18 Å². The van der Waals surface area contributed by atoms with Crippen molar-refractivity contribution in [2.45, 2.75) is 24.5 Å². The number of aromatic nitrogens is 2. The van der Waals surface area contributed by atoms with Gasteiger partial charge >= 0.3 is 5.69 Å². The Balaban J connectivity index is 2.15. The number of aromatic amines is 1. The Labute approximate surface area is 100 Å². The normalized spacial score (nSPS) is 31.6. The van der Waals surface area contributed by atoms with Gasteiger partial charge in [-0.1, -0.05) is 0 Å². The first-order valence-corrected chi connectivity index (χ1v) is 5.16. The Morgan fingerprint density at radius 1 is 1.50 bits per heavy atom. The van der Waals surface area contributed by atoms with Crippen LogP contribution in [0, 0.1) is 5.82 Å². The number of aliphatic hydroxyl groups excluding tert-OH is 3. The molecule has 1 aromatic heterocycles. The Kier molecular flexibility index (Phi) is 3.57. The van der Waals surface area contributed by atoms with Crippen LogP contribution < -0.4 is 11.0 Å². The van der Waals surface area contributed by atoms with E-state index in [1.807, 2.05) is 0 Å². The standard InChI is InChI=1S/C9H12FN3O5/c10-3-1-11-9(17)13-7(3)12-8-6(16)5(15)4(2-14)18-8/h1,4-6,8,14-16H,2H2,(H2,11,12,13,17)/t4-,5+,6-,8-/m1/s1. The van der Waals surface area contributed by atoms with Crippen molar-refractivity contribution in [3.05, 3.63) is 22.5 Å². The van der Waals surface area contributed by atoms with Crippen LogP contribution in [-0.4, -0.2) is 56.4 Å². The molecule has 0 bridgehead atoms. The fraction of sp³-hybridized carbons (Fsp3) is 0.556. The summed E-state index contributed by atoms with van der Waals surface area (Å²) in [6, 6.07) is 0. The molecular formula is C9H12FN3O5. The number of H-pyrrole nitrogens is 1. The quantitative estimate of drug-likeness (QED) is 0.416. The minimum atomic E-state index is -1.36. The molecule has 1 aromatic rings. The number of rotatable bonds is 3. The highest BCUT2D eigenvalue weighted by Crippen LogP contribution is 2.22. The van der Waals surface area contributed by atoms with E-state index < -0.39 is 42.7 Å². The first kappa shape index (κ1) is 12.9. The lowest BCUT2D eigenvalue weighted by Gasteiger charge is -2.17. The molecular weight excluding hydrogens is 249 g/mol. The fourth-order valence-corrected chi connectivity index (χ4v) is 1.64. The van der Waals surface area contributed by atoms with E-state index in [4.69, 9.17) is 9.84 Å². The van der Waals surface area contributed by atoms with Gasteiger partial charge in [0.05, 0.1) is 12.8 Å². The van der Waals surface area contributed by atoms with Crippen molar-refractivity contribution in [3.8, 4) is 0 Å². The highest BCUT2D eigenvalue weighted by atomic mass is 19.1. The van der Waals surface area contributed by atoms with Crippen molar-refractivity contribution in [2.75, 3.05) is 11.9 Å². The highest BCUT2D eigenvalue weighted by Gasteiger charge is 2.42. The zero-order valence-corrected chi connectivity index (χ0v) is 9.08. The zero-order valence-electron chi connectivity index (χ0n) is 9.08. The minimum absolute atomic E-state index is 0.315. The van der Waals surface area contributed by atoms with Crippen LogP contribution in [-0.2, 0) is 4.74 Å². The van der Waals surface area contributed by atoms with Crippen LogP contribution in [0.15, 0.2) is 11.0 Å². The molecule has 5 N–H and O–H groups in total. The number of aliphatic hydroxyl groups is 3. The Morgan fingerprint density at radius 2 is 2.22 bits per heavy atom. The zero-order chi connectivity index (χ0) is 13.3. The van der Waals surface area contributed by atoms with Crippen LogP contribution in [0.4, 0.5) is 10.2 Å². The molecule has 2 heterocycles. The number of hydrogen-bond donors (Lipinski definition) is 5. The lowest BCUT2D eigenvalue weighted by atomic mass is 10.1. The second kappa shape index (κ2) is 4.98. The molecule has 0 amide bonds. The van der Waals surface area contributed by atoms with E-state index >= 15 is 0 Å². The van der Waals surface area contributed by atoms with Crippen LogP contribution in [0.1, 0.15) is 0 Å². The molecule has 4 atom stereocenters. The number of halogens is 1. The lowest BCUT2D eigenvalue weighted by Crippen LogP contribution is -2.37. The van der Waals surface area contributed by atoms with E-state index in [1.165, 1.54) is 0 Å². The predicted molar refractivity (Wildman–Crippen MR) is 56.2 cm³/mol. The maximum Gasteiger partial charge on any atom is 0.346 e. The van der Waals surface area contributed by atoms with Crippen LogP contribution >= 0.6 is 0 Å². The third-order valence-corrected chi connectivity index (χ3v) is 2.59. The van der Waals surface area contributed by atoms with E-state index in [2.05, 4.69) is 15.3 Å². The Morgan fingerprint density at radius 3 is 2.83 bits per heavy atom. The molecule has 0 unspecified atom stereocenters. The van der Waals surface area contributed by atoms with E-state index in [-0.39, 0.29) is 5.82 Å². The third-order valence-electron chi connectivity index (χ3n) is 2.59. The number of ether oxygens (including phenoxy) is 1. The third kappa shape index (κ3) is 2.34. The fourth-order valence-electron chi connectivity index (χ4n) is 1.64. The summed E-state index contributed by atoms with van der Waals surface area (Å²) in [5.41, 5.74) is -0.773. The molecule has 0 radical (unpaired) electrons. The van der Waals surface area contributed by atoms with Crippen molar-refractivity contribution in [1.82, 2.24) is 9.97 Å². The molecule has 8 nitrogen and oxygen atoms in total. The van der Waals surface area contributed by atoms with Gasteiger partial charge < -0.3 is 25.4 Å². The molecule has 0 aromatic carbocycles. The van der Waals surface area contributed by atoms with Crippen LogP contribution in [0.2, 0.25) is 0 Å². The van der Waals surface area contributed by atoms with E-state index in [0.717, 1.165) is 0 Å². The van der Waals surface area contributed by atoms with Gasteiger partial charge in [0.25, 0.3) is 0 Å². The smallest absolute Gasteiger partial charge is 0.346 e. The van der Waals surface area contributed by atoms with Gasteiger partial charge in [0.1, 0.15) is 24.1 Å². The first-order chi connectivity index (χ1) is 8.52. The van der Waals surface area contributed by atoms with E-state index in [1.54, 1.807) is 0 Å². The van der Waals surface area contributed by atoms with Crippen LogP contribution in [0.3, 0.4) is 0 Å². The van der Waals surface area contributed by atoms with E-state index in [9.17, 15) is 19.4 Å². The second-order valence-electron chi connectivity index (χ2n) is 3.81. The molecule has 18 heavy (non-hydrogen) atoms. The molecule has 0 spiro atoms. The van der Waals surface area contributed by atoms with Crippen LogP contribution in [0.5, 0.6) is 0 Å². The molecule has 1 aliphatic rings. The maximum atomic E-state index is 13.3. The van der Waals surface area contributed by atoms with Crippen molar-refractivity contribution >= 4 is 5.82 Å². The van der Waals surface area contributed by atoms with Gasteiger partial charge in [-0.15, -0.1) is 0 Å². The number of nitrogens with one attached hydrogen (secondary N) is 2. The molecule has 9 heteroatoms. The van der Waals surface area contributed by atoms with Crippen molar-refractivity contribution in [3.63, 3.8) is 0 Å². The summed E-state index contributed by atoms with van der Waals surface area (Å²) in [7, 11) is 0. The number of nitrogens with zero attached hydrogens (tertiary/aromatic N) is 1. The summed E-state index contributed by atoms with van der Waals surface area (Å²) >= 11 is 0. The summed E-state index contributed by atoms with van der Waals surface area (Å²) in [4.78, 5) is 16.2. The average molecular weight is 261 g/mol. The topological polar surface area (TPSA) is 128 Å². The molecule has 1 saturated heterocycles. The number of anilines is 1. The maximum absolute atomic E-state index is 13.3. The lowest BCUT2D eigenvalue weighted by molar-refractivity contribution is -0.0154. The summed E-state index contributed by atoms with van der Waals surface area (Å²) in [5.74, 6) is -1.16. The van der Waals surface area contributed by atoms with E-state index in [0.29, 0.717) is 6.20 Å². The summed E-state index contributed by atoms with van der Waals surface area (Å²) in [5, 5.41) is 30.3. The second-order valence-corrected chi connectivity index (χ2v) is 3.81. The van der Waals surface area contributed by atoms with Gasteiger partial charge in [0.2, 0.25) is 0 Å². The average Bonchev–Trinajstić information content (AvgIpc) is 2.62. The Bertz CT molecular complexity index is 482. The first-order valence-electron chi connectivity index (χ1n) is 5.16. The molecule has 100 valence electrons. The van der Waals surface area contributed by atoms with Gasteiger partial charge in [-0.3, -0.25) is 4.98 Å². The molecule has 2 rings (SSSR count). The van der Waals surface area contributed by atoms with Gasteiger partial charge in [-0.05, 0) is 0 Å². The van der Waals surface area contributed by atoms with Gasteiger partial charge in [0.15, 0.2) is 12.0 Å². The monoisotopic (exact) mass is 261 g/mol. The van der Waals surface area contributed by atoms with Gasteiger partial charge in [0, 0.05) is 0 Å². The van der Waals surface area contributed by atoms with Crippen molar-refractivity contribution in [2.24, 2.45) is 0 Å². The highest BCUT2D eigenvalue weighted by molar-refractivity contribution is 5.35. The summed E-state index contributed by atoms with van der Waals surface area (Å²) in [6.45, 7) is -0.494. The summed E-state index contributed by atoms with van der Waals surface area (Å²) in [6.07, 6.45) is -4.08. The predicted octanol–water partition coefficient (Wildman–Crippen LogP) is -2.24. The molecule has 0 aliphatic carbocycles.